The lowest BCUT2D eigenvalue weighted by atomic mass is 10.2. The van der Waals surface area contributed by atoms with Crippen molar-refractivity contribution in [2.45, 2.75) is 13.8 Å². The van der Waals surface area contributed by atoms with E-state index in [1.54, 1.807) is 11.0 Å². The summed E-state index contributed by atoms with van der Waals surface area (Å²) in [4.78, 5) is 29.9. The van der Waals surface area contributed by atoms with Gasteiger partial charge in [0.1, 0.15) is 5.75 Å². The fourth-order valence-corrected chi connectivity index (χ4v) is 2.97. The van der Waals surface area contributed by atoms with E-state index in [1.165, 1.54) is 0 Å². The molecule has 2 amide bonds. The van der Waals surface area contributed by atoms with Crippen molar-refractivity contribution in [3.05, 3.63) is 24.3 Å². The number of amides is 2. The average Bonchev–Trinajstić information content (AvgIpc) is 2.61. The monoisotopic (exact) mass is 348 g/mol. The zero-order chi connectivity index (χ0) is 18.2. The molecular weight excluding hydrogens is 320 g/mol. The van der Waals surface area contributed by atoms with Crippen LogP contribution in [0.2, 0.25) is 0 Å². The Hall–Kier alpha value is -2.28. The number of phenolic OH excluding ortho intramolecular Hbond substituents is 1. The highest BCUT2D eigenvalue weighted by atomic mass is 16.3. The van der Waals surface area contributed by atoms with Crippen molar-refractivity contribution in [1.82, 2.24) is 15.1 Å². The standard InChI is InChI=1S/C18H28N4O3/c1-3-19-17(24)13-21(4-2)18(25)14-20-9-11-22(12-10-20)15-7-5-6-8-16(15)23/h5-8,23H,3-4,9-14H2,1-2H3,(H,19,24). The lowest BCUT2D eigenvalue weighted by molar-refractivity contribution is -0.136. The topological polar surface area (TPSA) is 76.1 Å². The van der Waals surface area contributed by atoms with Crippen LogP contribution in [0.4, 0.5) is 5.69 Å². The highest BCUT2D eigenvalue weighted by molar-refractivity contribution is 5.85. The summed E-state index contributed by atoms with van der Waals surface area (Å²) in [5.74, 6) is 0.137. The van der Waals surface area contributed by atoms with Crippen LogP contribution in [0.5, 0.6) is 5.75 Å². The SMILES string of the molecule is CCNC(=O)CN(CC)C(=O)CN1CCN(c2ccccc2O)CC1. The summed E-state index contributed by atoms with van der Waals surface area (Å²) in [6, 6.07) is 7.31. The number of piperazine rings is 1. The maximum absolute atomic E-state index is 12.4. The van der Waals surface area contributed by atoms with Crippen LogP contribution in [0.3, 0.4) is 0 Å². The molecule has 7 heteroatoms. The van der Waals surface area contributed by atoms with Crippen LogP contribution >= 0.6 is 0 Å². The van der Waals surface area contributed by atoms with Crippen LogP contribution in [0.15, 0.2) is 24.3 Å². The maximum atomic E-state index is 12.4. The lowest BCUT2D eigenvalue weighted by Crippen LogP contribution is -2.51. The number of nitrogens with zero attached hydrogens (tertiary/aromatic N) is 3. The molecule has 0 aliphatic carbocycles. The first-order chi connectivity index (χ1) is 12.0. The third-order valence-electron chi connectivity index (χ3n) is 4.40. The quantitative estimate of drug-likeness (QED) is 0.750. The highest BCUT2D eigenvalue weighted by Crippen LogP contribution is 2.27. The van der Waals surface area contributed by atoms with Crippen molar-refractivity contribution in [1.29, 1.82) is 0 Å². The number of benzene rings is 1. The predicted octanol–water partition coefficient (Wildman–Crippen LogP) is 0.499. The van der Waals surface area contributed by atoms with Gasteiger partial charge in [-0.3, -0.25) is 14.5 Å². The number of para-hydroxylation sites is 2. The Kier molecular flexibility index (Phi) is 7.06. The van der Waals surface area contributed by atoms with Crippen LogP contribution in [0, 0.1) is 0 Å². The molecule has 1 fully saturated rings. The smallest absolute Gasteiger partial charge is 0.239 e. The van der Waals surface area contributed by atoms with Crippen molar-refractivity contribution in [2.24, 2.45) is 0 Å². The van der Waals surface area contributed by atoms with Gasteiger partial charge < -0.3 is 20.2 Å². The molecule has 0 unspecified atom stereocenters. The van der Waals surface area contributed by atoms with Gasteiger partial charge in [0.05, 0.1) is 18.8 Å². The Balaban J connectivity index is 1.83. The van der Waals surface area contributed by atoms with E-state index < -0.39 is 0 Å². The molecule has 1 aliphatic rings. The molecule has 0 saturated carbocycles. The number of hydrogen-bond acceptors (Lipinski definition) is 5. The second-order valence-corrected chi connectivity index (χ2v) is 6.11. The Morgan fingerprint density at radius 3 is 2.44 bits per heavy atom. The minimum absolute atomic E-state index is 0.0234. The first-order valence-corrected chi connectivity index (χ1v) is 8.84. The Morgan fingerprint density at radius 1 is 1.16 bits per heavy atom. The molecule has 0 radical (unpaired) electrons. The van der Waals surface area contributed by atoms with Gasteiger partial charge in [-0.1, -0.05) is 12.1 Å². The fourth-order valence-electron chi connectivity index (χ4n) is 2.97. The van der Waals surface area contributed by atoms with E-state index >= 15 is 0 Å². The number of phenols is 1. The van der Waals surface area contributed by atoms with E-state index in [2.05, 4.69) is 15.1 Å². The lowest BCUT2D eigenvalue weighted by Gasteiger charge is -2.36. The van der Waals surface area contributed by atoms with Gasteiger partial charge in [0.2, 0.25) is 11.8 Å². The van der Waals surface area contributed by atoms with Gasteiger partial charge in [-0.05, 0) is 26.0 Å². The van der Waals surface area contributed by atoms with Crippen LogP contribution in [0.25, 0.3) is 0 Å². The largest absolute Gasteiger partial charge is 0.506 e. The van der Waals surface area contributed by atoms with Crippen molar-refractivity contribution in [3.8, 4) is 5.75 Å². The molecule has 1 saturated heterocycles. The average molecular weight is 348 g/mol. The second kappa shape index (κ2) is 9.27. The van der Waals surface area contributed by atoms with Crippen molar-refractivity contribution in [3.63, 3.8) is 0 Å². The molecule has 2 N–H and O–H groups in total. The summed E-state index contributed by atoms with van der Waals surface area (Å²) in [5, 5.41) is 12.7. The zero-order valence-electron chi connectivity index (χ0n) is 15.1. The third kappa shape index (κ3) is 5.35. The summed E-state index contributed by atoms with van der Waals surface area (Å²) < 4.78 is 0. The molecule has 0 spiro atoms. The number of anilines is 1. The number of aromatic hydroxyl groups is 1. The van der Waals surface area contributed by atoms with Gasteiger partial charge in [0.15, 0.2) is 0 Å². The normalized spacial score (nSPS) is 15.0. The van der Waals surface area contributed by atoms with Crippen LogP contribution in [0.1, 0.15) is 13.8 Å². The van der Waals surface area contributed by atoms with E-state index in [0.29, 0.717) is 19.6 Å². The molecule has 2 rings (SSSR count). The first kappa shape index (κ1) is 19.1. The molecule has 1 heterocycles. The molecule has 7 nitrogen and oxygen atoms in total. The maximum Gasteiger partial charge on any atom is 0.239 e. The molecule has 25 heavy (non-hydrogen) atoms. The van der Waals surface area contributed by atoms with Gasteiger partial charge in [0.25, 0.3) is 0 Å². The van der Waals surface area contributed by atoms with E-state index in [9.17, 15) is 14.7 Å². The Labute approximate surface area is 149 Å². The summed E-state index contributed by atoms with van der Waals surface area (Å²) in [6.07, 6.45) is 0. The molecule has 1 aromatic carbocycles. The molecule has 1 aromatic rings. The second-order valence-electron chi connectivity index (χ2n) is 6.11. The molecule has 0 bridgehead atoms. The predicted molar refractivity (Wildman–Crippen MR) is 97.7 cm³/mol. The van der Waals surface area contributed by atoms with Crippen molar-refractivity contribution in [2.75, 3.05) is 57.3 Å². The number of carbonyl (C=O) groups excluding carboxylic acids is 2. The minimum atomic E-state index is -0.123. The third-order valence-corrected chi connectivity index (χ3v) is 4.40. The summed E-state index contributed by atoms with van der Waals surface area (Å²) >= 11 is 0. The number of likely N-dealkylation sites (N-methyl/N-ethyl adjacent to an activating group) is 2. The van der Waals surface area contributed by atoms with Gasteiger partial charge in [-0.2, -0.15) is 0 Å². The fraction of sp³-hybridized carbons (Fsp3) is 0.556. The summed E-state index contributed by atoms with van der Waals surface area (Å²) in [5.41, 5.74) is 0.833. The number of nitrogens with one attached hydrogen (secondary N) is 1. The molecule has 1 aliphatic heterocycles. The van der Waals surface area contributed by atoms with Crippen LogP contribution in [-0.4, -0.2) is 79.1 Å². The molecular formula is C18H28N4O3. The first-order valence-electron chi connectivity index (χ1n) is 8.84. The van der Waals surface area contributed by atoms with Gasteiger partial charge >= 0.3 is 0 Å². The minimum Gasteiger partial charge on any atom is -0.506 e. The highest BCUT2D eigenvalue weighted by Gasteiger charge is 2.23. The van der Waals surface area contributed by atoms with E-state index in [4.69, 9.17) is 0 Å². The molecule has 138 valence electrons. The molecule has 0 aromatic heterocycles. The van der Waals surface area contributed by atoms with Crippen molar-refractivity contribution >= 4 is 17.5 Å². The van der Waals surface area contributed by atoms with Crippen LogP contribution in [-0.2, 0) is 9.59 Å². The Bertz CT molecular complexity index is 585. The van der Waals surface area contributed by atoms with Gasteiger partial charge in [-0.15, -0.1) is 0 Å². The van der Waals surface area contributed by atoms with Crippen LogP contribution < -0.4 is 10.2 Å². The van der Waals surface area contributed by atoms with E-state index in [-0.39, 0.29) is 24.1 Å². The molecule has 0 atom stereocenters. The van der Waals surface area contributed by atoms with E-state index in [1.807, 2.05) is 32.0 Å². The van der Waals surface area contributed by atoms with Crippen molar-refractivity contribution < 1.29 is 14.7 Å². The summed E-state index contributed by atoms with van der Waals surface area (Å²) in [6.45, 7) is 8.28. The van der Waals surface area contributed by atoms with Gasteiger partial charge in [0, 0.05) is 39.3 Å². The summed E-state index contributed by atoms with van der Waals surface area (Å²) in [7, 11) is 0. The Morgan fingerprint density at radius 2 is 1.84 bits per heavy atom. The zero-order valence-corrected chi connectivity index (χ0v) is 15.1. The number of hydrogen-bond donors (Lipinski definition) is 2. The number of rotatable bonds is 7. The number of carbonyl (C=O) groups is 2. The van der Waals surface area contributed by atoms with E-state index in [0.717, 1.165) is 31.9 Å². The van der Waals surface area contributed by atoms with Gasteiger partial charge in [-0.25, -0.2) is 0 Å².